The van der Waals surface area contributed by atoms with Gasteiger partial charge in [-0.1, -0.05) is 0 Å². The van der Waals surface area contributed by atoms with E-state index in [1.807, 2.05) is 0 Å². The number of piperidine rings is 1. The molecule has 0 amide bonds. The first-order valence-corrected chi connectivity index (χ1v) is 8.56. The third-order valence-electron chi connectivity index (χ3n) is 5.54. The molecule has 3 rings (SSSR count). The third kappa shape index (κ3) is 3.49. The van der Waals surface area contributed by atoms with Crippen LogP contribution in [0.3, 0.4) is 0 Å². The molecular weight excluding hydrogens is 260 g/mol. The summed E-state index contributed by atoms with van der Waals surface area (Å²) in [7, 11) is 2.27. The number of hydrogen-bond acceptors (Lipinski definition) is 3. The van der Waals surface area contributed by atoms with E-state index in [9.17, 15) is 0 Å². The standard InChI is InChI=1S/C17H30N4/c1-13-17(14(2)19-18-13)5-4-8-20(3)9-10-21-12-15-6-7-16(21)11-15/h15-16H,4-12H2,1-3H3,(H,18,19)/t15-,16+/m0/s1. The molecule has 2 atom stereocenters. The zero-order valence-electron chi connectivity index (χ0n) is 13.9. The average molecular weight is 290 g/mol. The van der Waals surface area contributed by atoms with E-state index in [-0.39, 0.29) is 0 Å². The van der Waals surface area contributed by atoms with Gasteiger partial charge in [-0.05, 0) is 71.0 Å². The number of aromatic nitrogens is 2. The van der Waals surface area contributed by atoms with Crippen LogP contribution in [0.15, 0.2) is 0 Å². The molecule has 118 valence electrons. The van der Waals surface area contributed by atoms with Gasteiger partial charge in [0, 0.05) is 31.4 Å². The molecule has 2 fully saturated rings. The van der Waals surface area contributed by atoms with Crippen molar-refractivity contribution in [2.24, 2.45) is 5.92 Å². The van der Waals surface area contributed by atoms with Crippen LogP contribution in [0.25, 0.3) is 0 Å². The Morgan fingerprint density at radius 3 is 2.76 bits per heavy atom. The van der Waals surface area contributed by atoms with E-state index < -0.39 is 0 Å². The number of rotatable bonds is 7. The third-order valence-corrected chi connectivity index (χ3v) is 5.54. The molecule has 0 spiro atoms. The number of hydrogen-bond donors (Lipinski definition) is 1. The summed E-state index contributed by atoms with van der Waals surface area (Å²) in [6.45, 7) is 9.26. The van der Waals surface area contributed by atoms with Crippen LogP contribution in [0.2, 0.25) is 0 Å². The zero-order chi connectivity index (χ0) is 14.8. The highest BCUT2D eigenvalue weighted by molar-refractivity contribution is 5.23. The molecule has 0 radical (unpaired) electrons. The molecule has 1 aromatic heterocycles. The number of likely N-dealkylation sites (tertiary alicyclic amines) is 1. The first kappa shape index (κ1) is 15.0. The van der Waals surface area contributed by atoms with Crippen LogP contribution < -0.4 is 0 Å². The van der Waals surface area contributed by atoms with Crippen LogP contribution in [-0.4, -0.2) is 59.3 Å². The molecule has 1 saturated carbocycles. The Balaban J connectivity index is 1.34. The second kappa shape index (κ2) is 6.49. The van der Waals surface area contributed by atoms with Gasteiger partial charge in [0.1, 0.15) is 0 Å². The Kier molecular flexibility index (Phi) is 4.65. The highest BCUT2D eigenvalue weighted by Crippen LogP contribution is 2.36. The Hall–Kier alpha value is -0.870. The lowest BCUT2D eigenvalue weighted by molar-refractivity contribution is 0.184. The van der Waals surface area contributed by atoms with E-state index in [0.29, 0.717) is 0 Å². The lowest BCUT2D eigenvalue weighted by atomic mass is 10.1. The summed E-state index contributed by atoms with van der Waals surface area (Å²) in [6.07, 6.45) is 6.78. The van der Waals surface area contributed by atoms with Crippen molar-refractivity contribution in [3.63, 3.8) is 0 Å². The van der Waals surface area contributed by atoms with Gasteiger partial charge < -0.3 is 4.90 Å². The summed E-state index contributed by atoms with van der Waals surface area (Å²) in [4.78, 5) is 5.23. The van der Waals surface area contributed by atoms with Gasteiger partial charge in [-0.15, -0.1) is 0 Å². The molecule has 1 aliphatic carbocycles. The van der Waals surface area contributed by atoms with Crippen LogP contribution in [0.4, 0.5) is 0 Å². The first-order chi connectivity index (χ1) is 10.1. The van der Waals surface area contributed by atoms with Crippen molar-refractivity contribution in [3.8, 4) is 0 Å². The van der Waals surface area contributed by atoms with Crippen LogP contribution in [-0.2, 0) is 6.42 Å². The van der Waals surface area contributed by atoms with Crippen LogP contribution in [0, 0.1) is 19.8 Å². The molecule has 1 aromatic rings. The molecule has 2 aliphatic rings. The smallest absolute Gasteiger partial charge is 0.0625 e. The highest BCUT2D eigenvalue weighted by atomic mass is 15.2. The Morgan fingerprint density at radius 1 is 1.29 bits per heavy atom. The Labute approximate surface area is 128 Å². The zero-order valence-corrected chi connectivity index (χ0v) is 13.9. The van der Waals surface area contributed by atoms with E-state index in [1.165, 1.54) is 68.8 Å². The van der Waals surface area contributed by atoms with Gasteiger partial charge in [-0.2, -0.15) is 5.10 Å². The summed E-state index contributed by atoms with van der Waals surface area (Å²) in [6, 6.07) is 0.916. The normalized spacial score (nSPS) is 25.3. The van der Waals surface area contributed by atoms with Gasteiger partial charge in [0.05, 0.1) is 5.69 Å². The largest absolute Gasteiger partial charge is 0.305 e. The van der Waals surface area contributed by atoms with Gasteiger partial charge in [0.2, 0.25) is 0 Å². The maximum atomic E-state index is 4.28. The summed E-state index contributed by atoms with van der Waals surface area (Å²) in [5.41, 5.74) is 3.83. The molecule has 1 aliphatic heterocycles. The summed E-state index contributed by atoms with van der Waals surface area (Å²) in [5, 5.41) is 7.36. The number of nitrogens with one attached hydrogen (secondary N) is 1. The molecule has 4 nitrogen and oxygen atoms in total. The predicted octanol–water partition coefficient (Wildman–Crippen LogP) is 2.38. The van der Waals surface area contributed by atoms with Gasteiger partial charge in [-0.25, -0.2) is 0 Å². The second-order valence-corrected chi connectivity index (χ2v) is 7.15. The van der Waals surface area contributed by atoms with E-state index in [2.05, 4.69) is 40.9 Å². The molecular formula is C17H30N4. The van der Waals surface area contributed by atoms with E-state index in [1.54, 1.807) is 0 Å². The van der Waals surface area contributed by atoms with Gasteiger partial charge in [0.25, 0.3) is 0 Å². The SMILES string of the molecule is Cc1n[nH]c(C)c1CCCN(C)CCN1C[C@H]2CC[C@@H]1C2. The Bertz CT molecular complexity index is 448. The minimum atomic E-state index is 0.916. The molecule has 4 heteroatoms. The quantitative estimate of drug-likeness (QED) is 0.837. The van der Waals surface area contributed by atoms with Crippen LogP contribution in [0.1, 0.15) is 42.6 Å². The summed E-state index contributed by atoms with van der Waals surface area (Å²) in [5.74, 6) is 1.02. The average Bonchev–Trinajstić information content (AvgIpc) is 3.16. The van der Waals surface area contributed by atoms with Crippen LogP contribution in [0.5, 0.6) is 0 Å². The lowest BCUT2D eigenvalue weighted by Crippen LogP contribution is -2.38. The molecule has 1 saturated heterocycles. The van der Waals surface area contributed by atoms with E-state index in [0.717, 1.165) is 18.4 Å². The Morgan fingerprint density at radius 2 is 2.14 bits per heavy atom. The monoisotopic (exact) mass is 290 g/mol. The molecule has 0 aromatic carbocycles. The predicted molar refractivity (Wildman–Crippen MR) is 86.6 cm³/mol. The van der Waals surface area contributed by atoms with Crippen molar-refractivity contribution >= 4 is 0 Å². The molecule has 2 bridgehead atoms. The van der Waals surface area contributed by atoms with Crippen molar-refractivity contribution in [2.45, 2.75) is 52.0 Å². The minimum Gasteiger partial charge on any atom is -0.305 e. The lowest BCUT2D eigenvalue weighted by Gasteiger charge is -2.28. The number of aryl methyl sites for hydroxylation is 2. The maximum Gasteiger partial charge on any atom is 0.0625 e. The topological polar surface area (TPSA) is 35.2 Å². The van der Waals surface area contributed by atoms with E-state index in [4.69, 9.17) is 0 Å². The molecule has 21 heavy (non-hydrogen) atoms. The first-order valence-electron chi connectivity index (χ1n) is 8.56. The van der Waals surface area contributed by atoms with Crippen molar-refractivity contribution in [3.05, 3.63) is 17.0 Å². The number of fused-ring (bicyclic) bond motifs is 2. The number of aromatic amines is 1. The van der Waals surface area contributed by atoms with Crippen molar-refractivity contribution in [1.82, 2.24) is 20.0 Å². The summed E-state index contributed by atoms with van der Waals surface area (Å²) >= 11 is 0. The fourth-order valence-corrected chi connectivity index (χ4v) is 4.18. The van der Waals surface area contributed by atoms with Gasteiger partial charge >= 0.3 is 0 Å². The van der Waals surface area contributed by atoms with Crippen molar-refractivity contribution in [2.75, 3.05) is 33.2 Å². The number of likely N-dealkylation sites (N-methyl/N-ethyl adjacent to an activating group) is 1. The minimum absolute atomic E-state index is 0.916. The van der Waals surface area contributed by atoms with Crippen LogP contribution >= 0.6 is 0 Å². The number of H-pyrrole nitrogens is 1. The fraction of sp³-hybridized carbons (Fsp3) is 0.824. The second-order valence-electron chi connectivity index (χ2n) is 7.15. The number of nitrogens with zero attached hydrogens (tertiary/aromatic N) is 3. The molecule has 0 unspecified atom stereocenters. The highest BCUT2D eigenvalue weighted by Gasteiger charge is 2.37. The van der Waals surface area contributed by atoms with Gasteiger partial charge in [-0.3, -0.25) is 10.00 Å². The fourth-order valence-electron chi connectivity index (χ4n) is 4.18. The van der Waals surface area contributed by atoms with Crippen molar-refractivity contribution < 1.29 is 0 Å². The van der Waals surface area contributed by atoms with Gasteiger partial charge in [0.15, 0.2) is 0 Å². The van der Waals surface area contributed by atoms with E-state index >= 15 is 0 Å². The van der Waals surface area contributed by atoms with Crippen molar-refractivity contribution in [1.29, 1.82) is 0 Å². The summed E-state index contributed by atoms with van der Waals surface area (Å²) < 4.78 is 0. The maximum absolute atomic E-state index is 4.28. The molecule has 1 N–H and O–H groups in total. The molecule has 2 heterocycles.